The highest BCUT2D eigenvalue weighted by Crippen LogP contribution is 2.37. The highest BCUT2D eigenvalue weighted by atomic mass is 127. The van der Waals surface area contributed by atoms with Crippen molar-refractivity contribution in [3.8, 4) is 17.0 Å². The number of thiazole rings is 1. The molecule has 180 valence electrons. The molecule has 0 aliphatic rings. The van der Waals surface area contributed by atoms with Crippen LogP contribution in [0.3, 0.4) is 0 Å². The quantitative estimate of drug-likeness (QED) is 0.179. The number of halogens is 1. The molecule has 3 N–H and O–H groups in total. The van der Waals surface area contributed by atoms with Crippen LogP contribution in [0.5, 0.6) is 5.75 Å². The number of benzene rings is 3. The molecule has 2 heterocycles. The molecule has 0 saturated heterocycles. The average Bonchev–Trinajstić information content (AvgIpc) is 3.36. The number of Topliss-reactive ketones (excluding diaryl/α,β-unsaturated/α-hetero) is 1. The number of fused-ring (bicyclic) bond motifs is 2. The molecular formula is C26H18IN3O5S. The van der Waals surface area contributed by atoms with Crippen LogP contribution in [-0.2, 0) is 23.1 Å². The zero-order chi connectivity index (χ0) is 25.6. The van der Waals surface area contributed by atoms with E-state index in [4.69, 9.17) is 0 Å². The molecule has 0 saturated carbocycles. The van der Waals surface area contributed by atoms with Crippen molar-refractivity contribution >= 4 is 77.8 Å². The van der Waals surface area contributed by atoms with Crippen molar-refractivity contribution in [3.05, 3.63) is 75.4 Å². The van der Waals surface area contributed by atoms with E-state index in [1.165, 1.54) is 23.5 Å². The highest BCUT2D eigenvalue weighted by Gasteiger charge is 2.21. The van der Waals surface area contributed by atoms with Crippen LogP contribution in [0.4, 0.5) is 5.13 Å². The van der Waals surface area contributed by atoms with E-state index in [1.54, 1.807) is 12.1 Å². The number of carboxylic acids is 1. The number of phenols is 1. The maximum atomic E-state index is 12.7. The summed E-state index contributed by atoms with van der Waals surface area (Å²) in [7, 11) is 1.82. The molecule has 2 aromatic heterocycles. The Morgan fingerprint density at radius 2 is 1.86 bits per heavy atom. The summed E-state index contributed by atoms with van der Waals surface area (Å²) < 4.78 is 3.59. The van der Waals surface area contributed by atoms with Gasteiger partial charge in [0.15, 0.2) is 5.13 Å². The number of hydrogen-bond acceptors (Lipinski definition) is 6. The molecule has 10 heteroatoms. The lowest BCUT2D eigenvalue weighted by atomic mass is 10.0. The lowest BCUT2D eigenvalue weighted by Crippen LogP contribution is -2.24. The number of aromatic hydroxyl groups is 1. The van der Waals surface area contributed by atoms with E-state index in [2.05, 4.69) is 32.9 Å². The van der Waals surface area contributed by atoms with Gasteiger partial charge in [-0.25, -0.2) is 9.78 Å². The van der Waals surface area contributed by atoms with Gasteiger partial charge in [-0.3, -0.25) is 14.9 Å². The highest BCUT2D eigenvalue weighted by molar-refractivity contribution is 14.1. The van der Waals surface area contributed by atoms with E-state index in [1.807, 2.05) is 48.0 Å². The Morgan fingerprint density at radius 3 is 2.61 bits per heavy atom. The molecule has 0 spiro atoms. The summed E-state index contributed by atoms with van der Waals surface area (Å²) in [6, 6.07) is 17.7. The molecule has 0 fully saturated rings. The molecule has 36 heavy (non-hydrogen) atoms. The van der Waals surface area contributed by atoms with Crippen molar-refractivity contribution in [2.24, 2.45) is 7.05 Å². The van der Waals surface area contributed by atoms with Crippen molar-refractivity contribution < 1.29 is 24.6 Å². The number of aromatic carboxylic acids is 1. The summed E-state index contributed by atoms with van der Waals surface area (Å²) in [5, 5.41) is 23.2. The van der Waals surface area contributed by atoms with E-state index < -0.39 is 17.7 Å². The first-order valence-electron chi connectivity index (χ1n) is 10.8. The lowest BCUT2D eigenvalue weighted by Gasteiger charge is -2.08. The van der Waals surface area contributed by atoms with Gasteiger partial charge in [-0.2, -0.15) is 0 Å². The van der Waals surface area contributed by atoms with E-state index >= 15 is 0 Å². The Hall–Kier alpha value is -3.77. The van der Waals surface area contributed by atoms with Crippen molar-refractivity contribution in [2.45, 2.75) is 6.42 Å². The van der Waals surface area contributed by atoms with Gasteiger partial charge in [0.1, 0.15) is 11.3 Å². The van der Waals surface area contributed by atoms with Gasteiger partial charge in [0, 0.05) is 28.5 Å². The van der Waals surface area contributed by atoms with Gasteiger partial charge >= 0.3 is 5.97 Å². The largest absolute Gasteiger partial charge is 0.507 e. The van der Waals surface area contributed by atoms with Crippen LogP contribution in [0, 0.1) is 3.57 Å². The summed E-state index contributed by atoms with van der Waals surface area (Å²) >= 11 is 3.45. The molecule has 1 amide bonds. The minimum Gasteiger partial charge on any atom is -0.507 e. The second-order valence-corrected chi connectivity index (χ2v) is 10.3. The van der Waals surface area contributed by atoms with Crippen LogP contribution < -0.4 is 5.32 Å². The third-order valence-corrected chi connectivity index (χ3v) is 7.86. The van der Waals surface area contributed by atoms with Gasteiger partial charge in [-0.1, -0.05) is 41.7 Å². The number of nitrogens with zero attached hydrogens (tertiary/aromatic N) is 2. The summed E-state index contributed by atoms with van der Waals surface area (Å²) in [5.41, 5.74) is 3.52. The predicted molar refractivity (Wildman–Crippen MR) is 147 cm³/mol. The number of hydrogen-bond donors (Lipinski definition) is 3. The lowest BCUT2D eigenvalue weighted by molar-refractivity contribution is -0.134. The third-order valence-electron chi connectivity index (χ3n) is 5.82. The first-order valence-corrected chi connectivity index (χ1v) is 12.7. The fourth-order valence-corrected chi connectivity index (χ4v) is 6.07. The number of ketones is 1. The Balaban J connectivity index is 1.40. The monoisotopic (exact) mass is 611 g/mol. The minimum atomic E-state index is -1.21. The number of carbonyl (C=O) groups excluding carboxylic acids is 2. The number of aromatic nitrogens is 2. The summed E-state index contributed by atoms with van der Waals surface area (Å²) in [4.78, 5) is 41.0. The van der Waals surface area contributed by atoms with Gasteiger partial charge in [0.05, 0.1) is 21.4 Å². The first-order chi connectivity index (χ1) is 17.2. The van der Waals surface area contributed by atoms with Gasteiger partial charge in [0.25, 0.3) is 5.91 Å². The minimum absolute atomic E-state index is 0.0883. The number of para-hydroxylation sites is 1. The number of amides is 1. The molecule has 0 aliphatic heterocycles. The van der Waals surface area contributed by atoms with Crippen molar-refractivity contribution in [1.82, 2.24) is 9.55 Å². The van der Waals surface area contributed by atoms with E-state index in [0.717, 1.165) is 25.0 Å². The van der Waals surface area contributed by atoms with Gasteiger partial charge in [0.2, 0.25) is 5.78 Å². The third kappa shape index (κ3) is 4.33. The van der Waals surface area contributed by atoms with Crippen LogP contribution in [0.25, 0.3) is 32.4 Å². The zero-order valence-corrected chi connectivity index (χ0v) is 21.8. The van der Waals surface area contributed by atoms with Crippen molar-refractivity contribution in [3.63, 3.8) is 0 Å². The molecule has 0 atom stereocenters. The Labute approximate surface area is 222 Å². The van der Waals surface area contributed by atoms with Crippen LogP contribution in [0.15, 0.2) is 60.7 Å². The van der Waals surface area contributed by atoms with E-state index in [-0.39, 0.29) is 17.7 Å². The summed E-state index contributed by atoms with van der Waals surface area (Å²) in [5.74, 6) is -2.83. The molecule has 0 unspecified atom stereocenters. The Bertz CT molecular complexity index is 1670. The van der Waals surface area contributed by atoms with E-state index in [9.17, 15) is 24.6 Å². The predicted octanol–water partition coefficient (Wildman–Crippen LogP) is 5.21. The molecule has 3 aromatic carbocycles. The van der Waals surface area contributed by atoms with E-state index in [0.29, 0.717) is 21.6 Å². The van der Waals surface area contributed by atoms with Crippen molar-refractivity contribution in [1.29, 1.82) is 0 Å². The van der Waals surface area contributed by atoms with Gasteiger partial charge in [-0.15, -0.1) is 0 Å². The van der Waals surface area contributed by atoms with Gasteiger partial charge < -0.3 is 14.8 Å². The van der Waals surface area contributed by atoms with Crippen LogP contribution >= 0.6 is 33.9 Å². The molecule has 5 aromatic rings. The van der Waals surface area contributed by atoms with Crippen LogP contribution in [0.2, 0.25) is 0 Å². The standard InChI is InChI=1S/C26H18IN3O5S/c1-30-18-12-19(31)16(25(34)35)11-15(18)22(27)23(30)14-6-4-5-13(9-14)10-20(32)24(33)29-26-28-17-7-2-3-8-21(17)36-26/h2-9,11-12,31H,10H2,1H3,(H,34,35)(H,28,29,33). The number of carboxylic acid groups (broad SMARTS) is 1. The maximum absolute atomic E-state index is 12.7. The fraction of sp³-hybridized carbons (Fsp3) is 0.0769. The SMILES string of the molecule is Cn1c(-c2cccc(CC(=O)C(=O)Nc3nc4ccccc4s3)c2)c(I)c2cc(C(=O)O)c(O)cc21. The second-order valence-electron chi connectivity index (χ2n) is 8.15. The topological polar surface area (TPSA) is 122 Å². The molecule has 0 bridgehead atoms. The van der Waals surface area contributed by atoms with Crippen molar-refractivity contribution in [2.75, 3.05) is 5.32 Å². The Morgan fingerprint density at radius 1 is 1.08 bits per heavy atom. The fourth-order valence-electron chi connectivity index (χ4n) is 4.10. The molecule has 8 nitrogen and oxygen atoms in total. The number of aryl methyl sites for hydroxylation is 1. The molecule has 5 rings (SSSR count). The average molecular weight is 611 g/mol. The Kier molecular flexibility index (Phi) is 6.22. The molecular weight excluding hydrogens is 593 g/mol. The molecule has 0 aliphatic carbocycles. The molecule has 0 radical (unpaired) electrons. The normalized spacial score (nSPS) is 11.2. The van der Waals surface area contributed by atoms with Crippen LogP contribution in [-0.4, -0.2) is 37.4 Å². The summed E-state index contributed by atoms with van der Waals surface area (Å²) in [6.45, 7) is 0. The first kappa shape index (κ1) is 23.9. The number of nitrogens with one attached hydrogen (secondary N) is 1. The second kappa shape index (κ2) is 9.36. The maximum Gasteiger partial charge on any atom is 0.339 e. The zero-order valence-electron chi connectivity index (χ0n) is 18.8. The number of rotatable bonds is 6. The van der Waals surface area contributed by atoms with Gasteiger partial charge in [-0.05, 0) is 58.0 Å². The smallest absolute Gasteiger partial charge is 0.339 e. The summed E-state index contributed by atoms with van der Waals surface area (Å²) in [6.07, 6.45) is -0.0883. The number of anilines is 1. The van der Waals surface area contributed by atoms with Crippen LogP contribution in [0.1, 0.15) is 15.9 Å². The number of carbonyl (C=O) groups is 3.